The second-order valence-electron chi connectivity index (χ2n) is 5.59. The fourth-order valence-corrected chi connectivity index (χ4v) is 2.49. The van der Waals surface area contributed by atoms with E-state index in [9.17, 15) is 28.1 Å². The Morgan fingerprint density at radius 3 is 2.48 bits per heavy atom. The second kappa shape index (κ2) is 4.71. The van der Waals surface area contributed by atoms with Crippen molar-refractivity contribution in [2.75, 3.05) is 0 Å². The van der Waals surface area contributed by atoms with E-state index < -0.39 is 22.5 Å². The molecule has 0 N–H and O–H groups in total. The molecule has 0 aliphatic carbocycles. The van der Waals surface area contributed by atoms with Crippen LogP contribution < -0.4 is 0 Å². The number of benzene rings is 1. The first-order chi connectivity index (χ1) is 9.52. The predicted octanol–water partition coefficient (Wildman–Crippen LogP) is 2.82. The minimum atomic E-state index is -4.96. The molecule has 0 radical (unpaired) electrons. The molecule has 2 rings (SSSR count). The van der Waals surface area contributed by atoms with Gasteiger partial charge in [-0.2, -0.15) is 13.2 Å². The monoisotopic (exact) mass is 302 g/mol. The number of halogens is 3. The molecule has 1 aliphatic heterocycles. The molecule has 1 heterocycles. The molecular formula is C13H13F3N2O3. The summed E-state index contributed by atoms with van der Waals surface area (Å²) in [6.45, 7) is 2.80. The number of fused-ring (bicyclic) bond motifs is 1. The van der Waals surface area contributed by atoms with Gasteiger partial charge < -0.3 is 4.90 Å². The molecule has 0 aromatic heterocycles. The van der Waals surface area contributed by atoms with E-state index in [0.29, 0.717) is 5.56 Å². The van der Waals surface area contributed by atoms with Crippen molar-refractivity contribution in [3.8, 4) is 0 Å². The molecular weight excluding hydrogens is 289 g/mol. The van der Waals surface area contributed by atoms with Crippen molar-refractivity contribution in [3.05, 3.63) is 39.4 Å². The standard InChI is InChI=1S/C13H13F3N2O3/c1-12(2)6-8-3-4-10(18(20)21)5-9(8)7-17(12)11(19)13(14,15)16/h3-5H,6-7H2,1-2H3. The van der Waals surface area contributed by atoms with Crippen LogP contribution in [0.1, 0.15) is 25.0 Å². The summed E-state index contributed by atoms with van der Waals surface area (Å²) in [6, 6.07) is 4.07. The van der Waals surface area contributed by atoms with E-state index in [-0.39, 0.29) is 18.7 Å². The highest BCUT2D eigenvalue weighted by molar-refractivity contribution is 5.83. The third kappa shape index (κ3) is 2.84. The summed E-state index contributed by atoms with van der Waals surface area (Å²) >= 11 is 0. The van der Waals surface area contributed by atoms with Crippen molar-refractivity contribution in [3.63, 3.8) is 0 Å². The number of carbonyl (C=O) groups is 1. The van der Waals surface area contributed by atoms with Gasteiger partial charge in [-0.15, -0.1) is 0 Å². The van der Waals surface area contributed by atoms with Crippen LogP contribution in [0.15, 0.2) is 18.2 Å². The summed E-state index contributed by atoms with van der Waals surface area (Å²) in [5, 5.41) is 10.7. The molecule has 0 saturated heterocycles. The van der Waals surface area contributed by atoms with Crippen LogP contribution in [-0.4, -0.2) is 27.4 Å². The maximum atomic E-state index is 12.7. The lowest BCUT2D eigenvalue weighted by molar-refractivity contribution is -0.385. The van der Waals surface area contributed by atoms with Gasteiger partial charge in [0.2, 0.25) is 0 Å². The average Bonchev–Trinajstić information content (AvgIpc) is 2.34. The van der Waals surface area contributed by atoms with Gasteiger partial charge >= 0.3 is 12.1 Å². The lowest BCUT2D eigenvalue weighted by Gasteiger charge is -2.43. The van der Waals surface area contributed by atoms with Crippen LogP contribution in [0.3, 0.4) is 0 Å². The molecule has 0 bridgehead atoms. The van der Waals surface area contributed by atoms with Gasteiger partial charge in [-0.05, 0) is 31.4 Å². The van der Waals surface area contributed by atoms with Crippen molar-refractivity contribution < 1.29 is 22.9 Å². The van der Waals surface area contributed by atoms with Gasteiger partial charge in [0.15, 0.2) is 0 Å². The minimum absolute atomic E-state index is 0.201. The summed E-state index contributed by atoms with van der Waals surface area (Å²) in [4.78, 5) is 22.4. The largest absolute Gasteiger partial charge is 0.471 e. The van der Waals surface area contributed by atoms with E-state index >= 15 is 0 Å². The fraction of sp³-hybridized carbons (Fsp3) is 0.462. The highest BCUT2D eigenvalue weighted by Gasteiger charge is 2.48. The Bertz CT molecular complexity index is 611. The van der Waals surface area contributed by atoms with Crippen LogP contribution in [0, 0.1) is 10.1 Å². The molecule has 0 unspecified atom stereocenters. The van der Waals surface area contributed by atoms with Crippen molar-refractivity contribution in [2.24, 2.45) is 0 Å². The summed E-state index contributed by atoms with van der Waals surface area (Å²) < 4.78 is 38.0. The maximum Gasteiger partial charge on any atom is 0.471 e. The smallest absolute Gasteiger partial charge is 0.325 e. The van der Waals surface area contributed by atoms with E-state index in [1.54, 1.807) is 13.8 Å². The number of non-ortho nitro benzene ring substituents is 1. The van der Waals surface area contributed by atoms with Crippen LogP contribution in [0.4, 0.5) is 18.9 Å². The molecule has 1 aromatic rings. The van der Waals surface area contributed by atoms with E-state index in [0.717, 1.165) is 10.5 Å². The van der Waals surface area contributed by atoms with Gasteiger partial charge in [0, 0.05) is 24.2 Å². The lowest BCUT2D eigenvalue weighted by atomic mass is 9.85. The predicted molar refractivity (Wildman–Crippen MR) is 67.5 cm³/mol. The summed E-state index contributed by atoms with van der Waals surface area (Å²) in [6.07, 6.45) is -4.75. The van der Waals surface area contributed by atoms with Crippen molar-refractivity contribution in [2.45, 2.75) is 38.5 Å². The molecule has 1 amide bonds. The van der Waals surface area contributed by atoms with E-state index in [4.69, 9.17) is 0 Å². The van der Waals surface area contributed by atoms with Crippen molar-refractivity contribution in [1.82, 2.24) is 4.90 Å². The fourth-order valence-electron chi connectivity index (χ4n) is 2.49. The van der Waals surface area contributed by atoms with Crippen LogP contribution in [0.2, 0.25) is 0 Å². The quantitative estimate of drug-likeness (QED) is 0.592. The van der Waals surface area contributed by atoms with Crippen LogP contribution in [0.25, 0.3) is 0 Å². The zero-order chi connectivity index (χ0) is 16.0. The first kappa shape index (κ1) is 15.3. The lowest BCUT2D eigenvalue weighted by Crippen LogP contribution is -2.55. The van der Waals surface area contributed by atoms with E-state index in [1.165, 1.54) is 18.2 Å². The zero-order valence-corrected chi connectivity index (χ0v) is 11.4. The first-order valence-corrected chi connectivity index (χ1v) is 6.17. The third-order valence-electron chi connectivity index (χ3n) is 3.57. The zero-order valence-electron chi connectivity index (χ0n) is 11.4. The van der Waals surface area contributed by atoms with Crippen LogP contribution >= 0.6 is 0 Å². The number of hydrogen-bond donors (Lipinski definition) is 0. The normalized spacial score (nSPS) is 17.3. The number of rotatable bonds is 1. The first-order valence-electron chi connectivity index (χ1n) is 6.17. The Labute approximate surface area is 118 Å². The molecule has 8 heteroatoms. The van der Waals surface area contributed by atoms with Gasteiger partial charge in [0.25, 0.3) is 5.69 Å². The molecule has 0 atom stereocenters. The summed E-state index contributed by atoms with van der Waals surface area (Å²) in [7, 11) is 0. The highest BCUT2D eigenvalue weighted by Crippen LogP contribution is 2.35. The van der Waals surface area contributed by atoms with E-state index in [1.807, 2.05) is 0 Å². The summed E-state index contributed by atoms with van der Waals surface area (Å²) in [5.74, 6) is -1.93. The van der Waals surface area contributed by atoms with Gasteiger partial charge in [-0.1, -0.05) is 6.07 Å². The van der Waals surface area contributed by atoms with E-state index in [2.05, 4.69) is 0 Å². The van der Waals surface area contributed by atoms with Crippen molar-refractivity contribution in [1.29, 1.82) is 0 Å². The molecule has 0 fully saturated rings. The number of carbonyl (C=O) groups excluding carboxylic acids is 1. The average molecular weight is 302 g/mol. The van der Waals surface area contributed by atoms with Crippen LogP contribution in [0.5, 0.6) is 0 Å². The molecule has 114 valence electrons. The Kier molecular flexibility index (Phi) is 3.43. The number of amides is 1. The van der Waals surface area contributed by atoms with Gasteiger partial charge in [-0.25, -0.2) is 0 Å². The number of nitro benzene ring substituents is 1. The highest BCUT2D eigenvalue weighted by atomic mass is 19.4. The SMILES string of the molecule is CC1(C)Cc2ccc([N+](=O)[O-])cc2CN1C(=O)C(F)(F)F. The molecule has 5 nitrogen and oxygen atoms in total. The minimum Gasteiger partial charge on any atom is -0.325 e. The Morgan fingerprint density at radius 2 is 1.95 bits per heavy atom. The maximum absolute atomic E-state index is 12.7. The summed E-state index contributed by atoms with van der Waals surface area (Å²) in [5.41, 5.74) is -0.110. The Hall–Kier alpha value is -2.12. The number of hydrogen-bond acceptors (Lipinski definition) is 3. The molecule has 21 heavy (non-hydrogen) atoms. The topological polar surface area (TPSA) is 63.5 Å². The van der Waals surface area contributed by atoms with Crippen molar-refractivity contribution >= 4 is 11.6 Å². The van der Waals surface area contributed by atoms with Gasteiger partial charge in [-0.3, -0.25) is 14.9 Å². The van der Waals surface area contributed by atoms with Gasteiger partial charge in [0.1, 0.15) is 0 Å². The molecule has 0 saturated carbocycles. The number of alkyl halides is 3. The number of nitro groups is 1. The Morgan fingerprint density at radius 1 is 1.33 bits per heavy atom. The second-order valence-corrected chi connectivity index (χ2v) is 5.59. The molecule has 1 aliphatic rings. The number of nitrogens with zero attached hydrogens (tertiary/aromatic N) is 2. The molecule has 0 spiro atoms. The van der Waals surface area contributed by atoms with Gasteiger partial charge in [0.05, 0.1) is 4.92 Å². The Balaban J connectivity index is 2.42. The van der Waals surface area contributed by atoms with Crippen LogP contribution in [-0.2, 0) is 17.8 Å². The molecule has 1 aromatic carbocycles. The third-order valence-corrected chi connectivity index (χ3v) is 3.57.